The molecule has 0 radical (unpaired) electrons. The summed E-state index contributed by atoms with van der Waals surface area (Å²) in [6.45, 7) is 3.95. The molecule has 4 heteroatoms. The van der Waals surface area contributed by atoms with E-state index in [1.807, 2.05) is 6.92 Å². The van der Waals surface area contributed by atoms with Crippen molar-refractivity contribution < 1.29 is 14.3 Å². The van der Waals surface area contributed by atoms with E-state index in [1.54, 1.807) is 19.1 Å². The molecule has 0 aliphatic rings. The van der Waals surface area contributed by atoms with Gasteiger partial charge in [-0.3, -0.25) is 0 Å². The molecular formula is C13H15NO3. The Morgan fingerprint density at radius 1 is 1.53 bits per heavy atom. The molecule has 17 heavy (non-hydrogen) atoms. The number of terminal acetylenes is 1. The van der Waals surface area contributed by atoms with Gasteiger partial charge in [-0.1, -0.05) is 12.8 Å². The lowest BCUT2D eigenvalue weighted by atomic mass is 10.3. The van der Waals surface area contributed by atoms with Gasteiger partial charge >= 0.3 is 5.97 Å². The van der Waals surface area contributed by atoms with Crippen LogP contribution in [0.2, 0.25) is 0 Å². The molecule has 0 aliphatic carbocycles. The van der Waals surface area contributed by atoms with Crippen LogP contribution in [0.15, 0.2) is 18.3 Å². The lowest BCUT2D eigenvalue weighted by molar-refractivity contribution is -0.151. The molecule has 0 amide bonds. The summed E-state index contributed by atoms with van der Waals surface area (Å²) in [5.74, 6) is 2.55. The molecule has 1 heterocycles. The standard InChI is InChI=1S/C13H15NO3/c1-4-10-7-8-11(9-14-10)17-12(5-2)13(15)16-6-3/h1,7-9,12H,5-6H2,2-3H3. The van der Waals surface area contributed by atoms with Crippen LogP contribution >= 0.6 is 0 Å². The highest BCUT2D eigenvalue weighted by Crippen LogP contribution is 2.13. The summed E-state index contributed by atoms with van der Waals surface area (Å²) >= 11 is 0. The molecule has 1 atom stereocenters. The minimum atomic E-state index is -0.603. The second kappa shape index (κ2) is 6.54. The fourth-order valence-electron chi connectivity index (χ4n) is 1.23. The number of aromatic nitrogens is 1. The molecule has 1 rings (SSSR count). The second-order valence-electron chi connectivity index (χ2n) is 3.29. The van der Waals surface area contributed by atoms with Gasteiger partial charge in [0.1, 0.15) is 11.4 Å². The summed E-state index contributed by atoms with van der Waals surface area (Å²) in [7, 11) is 0. The maximum absolute atomic E-state index is 11.5. The molecule has 0 saturated carbocycles. The number of hydrogen-bond acceptors (Lipinski definition) is 4. The van der Waals surface area contributed by atoms with Gasteiger partial charge < -0.3 is 9.47 Å². The van der Waals surface area contributed by atoms with Gasteiger partial charge in [0.05, 0.1) is 12.8 Å². The van der Waals surface area contributed by atoms with E-state index in [9.17, 15) is 4.79 Å². The molecular weight excluding hydrogens is 218 g/mol. The maximum Gasteiger partial charge on any atom is 0.347 e. The first kappa shape index (κ1) is 13.0. The quantitative estimate of drug-likeness (QED) is 0.574. The van der Waals surface area contributed by atoms with Crippen molar-refractivity contribution in [3.05, 3.63) is 24.0 Å². The first-order valence-electron chi connectivity index (χ1n) is 5.47. The average Bonchev–Trinajstić information content (AvgIpc) is 2.37. The zero-order valence-electron chi connectivity index (χ0n) is 9.97. The van der Waals surface area contributed by atoms with Gasteiger partial charge in [0.2, 0.25) is 0 Å². The molecule has 1 aromatic rings. The summed E-state index contributed by atoms with van der Waals surface area (Å²) in [5, 5.41) is 0. The fourth-order valence-corrected chi connectivity index (χ4v) is 1.23. The van der Waals surface area contributed by atoms with E-state index in [0.717, 1.165) is 0 Å². The number of rotatable bonds is 5. The molecule has 0 aromatic carbocycles. The number of pyridine rings is 1. The third-order valence-electron chi connectivity index (χ3n) is 2.08. The summed E-state index contributed by atoms with van der Waals surface area (Å²) < 4.78 is 10.4. The zero-order valence-corrected chi connectivity index (χ0v) is 9.97. The van der Waals surface area contributed by atoms with Gasteiger partial charge in [0, 0.05) is 0 Å². The number of nitrogens with zero attached hydrogens (tertiary/aromatic N) is 1. The molecule has 0 spiro atoms. The first-order valence-corrected chi connectivity index (χ1v) is 5.47. The van der Waals surface area contributed by atoms with Gasteiger partial charge in [0.25, 0.3) is 0 Å². The molecule has 1 aromatic heterocycles. The van der Waals surface area contributed by atoms with Gasteiger partial charge in [0.15, 0.2) is 6.10 Å². The van der Waals surface area contributed by atoms with E-state index in [0.29, 0.717) is 24.5 Å². The van der Waals surface area contributed by atoms with Crippen LogP contribution in [0.25, 0.3) is 0 Å². The Morgan fingerprint density at radius 2 is 2.29 bits per heavy atom. The third-order valence-corrected chi connectivity index (χ3v) is 2.08. The van der Waals surface area contributed by atoms with Gasteiger partial charge in [-0.05, 0) is 25.5 Å². The Hall–Kier alpha value is -2.02. The topological polar surface area (TPSA) is 48.4 Å². The van der Waals surface area contributed by atoms with Gasteiger partial charge in [-0.15, -0.1) is 6.42 Å². The monoisotopic (exact) mass is 233 g/mol. The van der Waals surface area contributed by atoms with Crippen molar-refractivity contribution in [3.63, 3.8) is 0 Å². The van der Waals surface area contributed by atoms with E-state index in [2.05, 4.69) is 10.9 Å². The van der Waals surface area contributed by atoms with Crippen molar-refractivity contribution in [2.45, 2.75) is 26.4 Å². The molecule has 0 saturated heterocycles. The van der Waals surface area contributed by atoms with E-state index in [1.165, 1.54) is 6.20 Å². The van der Waals surface area contributed by atoms with E-state index >= 15 is 0 Å². The minimum absolute atomic E-state index is 0.340. The Labute approximate surface area is 101 Å². The summed E-state index contributed by atoms with van der Waals surface area (Å²) in [4.78, 5) is 15.5. The molecule has 0 bridgehead atoms. The predicted molar refractivity (Wildman–Crippen MR) is 63.5 cm³/mol. The van der Waals surface area contributed by atoms with Crippen LogP contribution in [0.1, 0.15) is 26.0 Å². The van der Waals surface area contributed by atoms with Crippen molar-refractivity contribution in [1.82, 2.24) is 4.98 Å². The van der Waals surface area contributed by atoms with Crippen LogP contribution in [-0.4, -0.2) is 23.7 Å². The summed E-state index contributed by atoms with van der Waals surface area (Å²) in [5.41, 5.74) is 0.529. The number of ether oxygens (including phenoxy) is 2. The van der Waals surface area contributed by atoms with Crippen molar-refractivity contribution in [2.24, 2.45) is 0 Å². The van der Waals surface area contributed by atoms with Crippen LogP contribution in [0.3, 0.4) is 0 Å². The smallest absolute Gasteiger partial charge is 0.347 e. The van der Waals surface area contributed by atoms with Crippen molar-refractivity contribution in [1.29, 1.82) is 0 Å². The van der Waals surface area contributed by atoms with Crippen LogP contribution in [-0.2, 0) is 9.53 Å². The Kier molecular flexibility index (Phi) is 5.02. The lowest BCUT2D eigenvalue weighted by Gasteiger charge is -2.15. The molecule has 90 valence electrons. The molecule has 0 fully saturated rings. The van der Waals surface area contributed by atoms with Crippen LogP contribution in [0, 0.1) is 12.3 Å². The van der Waals surface area contributed by atoms with Crippen LogP contribution in [0.5, 0.6) is 5.75 Å². The van der Waals surface area contributed by atoms with Gasteiger partial charge in [-0.25, -0.2) is 9.78 Å². The van der Waals surface area contributed by atoms with Crippen LogP contribution in [0.4, 0.5) is 0 Å². The number of carbonyl (C=O) groups excluding carboxylic acids is 1. The predicted octanol–water partition coefficient (Wildman–Crippen LogP) is 1.78. The molecule has 0 N–H and O–H groups in total. The van der Waals surface area contributed by atoms with Gasteiger partial charge in [-0.2, -0.15) is 0 Å². The Balaban J connectivity index is 2.67. The zero-order chi connectivity index (χ0) is 12.7. The SMILES string of the molecule is C#Cc1ccc(OC(CC)C(=O)OCC)cn1. The minimum Gasteiger partial charge on any atom is -0.477 e. The Bertz CT molecular complexity index is 406. The molecule has 1 unspecified atom stereocenters. The van der Waals surface area contributed by atoms with E-state index in [4.69, 9.17) is 15.9 Å². The van der Waals surface area contributed by atoms with E-state index < -0.39 is 6.10 Å². The normalized spacial score (nSPS) is 11.4. The van der Waals surface area contributed by atoms with Crippen molar-refractivity contribution in [3.8, 4) is 18.1 Å². The van der Waals surface area contributed by atoms with E-state index in [-0.39, 0.29) is 5.97 Å². The number of hydrogen-bond donors (Lipinski definition) is 0. The van der Waals surface area contributed by atoms with Crippen molar-refractivity contribution >= 4 is 5.97 Å². The molecule has 0 aliphatic heterocycles. The maximum atomic E-state index is 11.5. The first-order chi connectivity index (χ1) is 8.21. The van der Waals surface area contributed by atoms with Crippen LogP contribution < -0.4 is 4.74 Å². The number of carbonyl (C=O) groups is 1. The fraction of sp³-hybridized carbons (Fsp3) is 0.385. The second-order valence-corrected chi connectivity index (χ2v) is 3.29. The highest BCUT2D eigenvalue weighted by molar-refractivity contribution is 5.75. The highest BCUT2D eigenvalue weighted by Gasteiger charge is 2.19. The largest absolute Gasteiger partial charge is 0.477 e. The Morgan fingerprint density at radius 3 is 2.76 bits per heavy atom. The molecule has 4 nitrogen and oxygen atoms in total. The third kappa shape index (κ3) is 3.80. The number of esters is 1. The average molecular weight is 233 g/mol. The highest BCUT2D eigenvalue weighted by atomic mass is 16.6. The lowest BCUT2D eigenvalue weighted by Crippen LogP contribution is -2.28. The van der Waals surface area contributed by atoms with Crippen molar-refractivity contribution in [2.75, 3.05) is 6.61 Å². The summed E-state index contributed by atoms with van der Waals surface area (Å²) in [6.07, 6.45) is 6.62. The summed E-state index contributed by atoms with van der Waals surface area (Å²) in [6, 6.07) is 3.34.